The monoisotopic (exact) mass is 236 g/mol. The van der Waals surface area contributed by atoms with Crippen LogP contribution in [0.25, 0.3) is 0 Å². The summed E-state index contributed by atoms with van der Waals surface area (Å²) in [5, 5.41) is 3.12. The van der Waals surface area contributed by atoms with Crippen molar-refractivity contribution >= 4 is 11.8 Å². The number of nitrogens with zero attached hydrogens (tertiary/aromatic N) is 2. The quantitative estimate of drug-likeness (QED) is 0.732. The maximum atomic E-state index is 11.9. The predicted octanol–water partition coefficient (Wildman–Crippen LogP) is 0.208. The number of nitrogens with one attached hydrogen (secondary N) is 2. The van der Waals surface area contributed by atoms with Crippen LogP contribution < -0.4 is 5.32 Å². The molecule has 0 aliphatic carbocycles. The molecule has 0 saturated carbocycles. The molecular weight excluding hydrogens is 220 g/mol. The molecule has 6 heteroatoms. The summed E-state index contributed by atoms with van der Waals surface area (Å²) >= 11 is 0. The maximum Gasteiger partial charge on any atom is 0.246 e. The van der Waals surface area contributed by atoms with E-state index in [1.807, 2.05) is 6.92 Å². The van der Waals surface area contributed by atoms with Crippen LogP contribution in [0.3, 0.4) is 0 Å². The first-order valence-corrected chi connectivity index (χ1v) is 5.73. The molecule has 0 bridgehead atoms. The van der Waals surface area contributed by atoms with Crippen molar-refractivity contribution in [2.75, 3.05) is 6.54 Å². The van der Waals surface area contributed by atoms with E-state index in [9.17, 15) is 9.59 Å². The zero-order valence-corrected chi connectivity index (χ0v) is 9.93. The van der Waals surface area contributed by atoms with Gasteiger partial charge in [0.05, 0.1) is 18.5 Å². The van der Waals surface area contributed by atoms with E-state index in [0.717, 1.165) is 5.82 Å². The first-order chi connectivity index (χ1) is 8.13. The normalized spacial score (nSPS) is 22.2. The van der Waals surface area contributed by atoms with Crippen molar-refractivity contribution in [2.45, 2.75) is 32.4 Å². The topological polar surface area (TPSA) is 78.1 Å². The summed E-state index contributed by atoms with van der Waals surface area (Å²) < 4.78 is 0. The third-order valence-corrected chi connectivity index (χ3v) is 2.94. The van der Waals surface area contributed by atoms with E-state index in [4.69, 9.17) is 0 Å². The van der Waals surface area contributed by atoms with Crippen LogP contribution in [0.4, 0.5) is 0 Å². The molecule has 92 valence electrons. The number of likely N-dealkylation sites (N-methyl/N-ethyl adjacent to an activating group) is 1. The predicted molar refractivity (Wildman–Crippen MR) is 60.9 cm³/mol. The highest BCUT2D eigenvalue weighted by atomic mass is 16.2. The van der Waals surface area contributed by atoms with Gasteiger partial charge < -0.3 is 4.98 Å². The fourth-order valence-electron chi connectivity index (χ4n) is 2.04. The number of aromatic nitrogens is 2. The third-order valence-electron chi connectivity index (χ3n) is 2.94. The number of hydrogen-bond acceptors (Lipinski definition) is 4. The van der Waals surface area contributed by atoms with Crippen LogP contribution in [0.2, 0.25) is 0 Å². The highest BCUT2D eigenvalue weighted by Crippen LogP contribution is 2.16. The second-order valence-corrected chi connectivity index (χ2v) is 4.10. The number of rotatable bonds is 4. The van der Waals surface area contributed by atoms with Crippen LogP contribution in [0.5, 0.6) is 0 Å². The van der Waals surface area contributed by atoms with E-state index >= 15 is 0 Å². The van der Waals surface area contributed by atoms with Crippen molar-refractivity contribution in [2.24, 2.45) is 0 Å². The first kappa shape index (κ1) is 11.8. The van der Waals surface area contributed by atoms with Gasteiger partial charge in [0.2, 0.25) is 11.8 Å². The number of carbonyl (C=O) groups excluding carboxylic acids is 2. The molecular formula is C11H16N4O2. The number of imidazole rings is 1. The van der Waals surface area contributed by atoms with Crippen LogP contribution >= 0.6 is 0 Å². The van der Waals surface area contributed by atoms with E-state index in [1.165, 1.54) is 4.90 Å². The lowest BCUT2D eigenvalue weighted by molar-refractivity contribution is -0.138. The highest BCUT2D eigenvalue weighted by Gasteiger charge is 2.38. The lowest BCUT2D eigenvalue weighted by Crippen LogP contribution is -2.40. The Balaban J connectivity index is 2.01. The molecule has 0 aromatic carbocycles. The molecule has 1 aliphatic rings. The van der Waals surface area contributed by atoms with Crippen molar-refractivity contribution < 1.29 is 9.59 Å². The number of imide groups is 1. The van der Waals surface area contributed by atoms with Gasteiger partial charge in [-0.05, 0) is 13.8 Å². The molecule has 6 nitrogen and oxygen atoms in total. The second kappa shape index (κ2) is 4.67. The van der Waals surface area contributed by atoms with Crippen LogP contribution in [0.1, 0.15) is 32.1 Å². The molecule has 17 heavy (non-hydrogen) atoms. The minimum absolute atomic E-state index is 0.0800. The van der Waals surface area contributed by atoms with Gasteiger partial charge in [-0.15, -0.1) is 0 Å². The van der Waals surface area contributed by atoms with Gasteiger partial charge in [0.25, 0.3) is 0 Å². The molecule has 2 atom stereocenters. The van der Waals surface area contributed by atoms with E-state index < -0.39 is 6.04 Å². The minimum Gasteiger partial charge on any atom is -0.347 e. The number of hydrogen-bond donors (Lipinski definition) is 2. The lowest BCUT2D eigenvalue weighted by Gasteiger charge is -2.16. The molecule has 1 aromatic rings. The summed E-state index contributed by atoms with van der Waals surface area (Å²) in [7, 11) is 0. The SMILES string of the molecule is CCN1C(=O)CC(NC(C)c2ncc[nH]2)C1=O. The summed E-state index contributed by atoms with van der Waals surface area (Å²) in [5.41, 5.74) is 0. The van der Waals surface area contributed by atoms with E-state index in [1.54, 1.807) is 19.3 Å². The van der Waals surface area contributed by atoms with Gasteiger partial charge in [0, 0.05) is 18.9 Å². The summed E-state index contributed by atoms with van der Waals surface area (Å²) in [5.74, 6) is 0.512. The standard InChI is InChI=1S/C11H16N4O2/c1-3-15-9(16)6-8(11(15)17)14-7(2)10-12-4-5-13-10/h4-5,7-8,14H,3,6H2,1-2H3,(H,12,13). The largest absolute Gasteiger partial charge is 0.347 e. The molecule has 2 N–H and O–H groups in total. The Bertz CT molecular complexity index is 415. The molecule has 1 fully saturated rings. The van der Waals surface area contributed by atoms with Crippen LogP contribution in [0, 0.1) is 0 Å². The highest BCUT2D eigenvalue weighted by molar-refractivity contribution is 6.05. The van der Waals surface area contributed by atoms with E-state index in [0.29, 0.717) is 6.54 Å². The van der Waals surface area contributed by atoms with Crippen molar-refractivity contribution in [1.29, 1.82) is 0 Å². The van der Waals surface area contributed by atoms with Crippen molar-refractivity contribution in [3.05, 3.63) is 18.2 Å². The summed E-state index contributed by atoms with van der Waals surface area (Å²) in [6.45, 7) is 4.14. The molecule has 0 radical (unpaired) electrons. The number of carbonyl (C=O) groups is 2. The average Bonchev–Trinajstić information content (AvgIpc) is 2.89. The van der Waals surface area contributed by atoms with Crippen LogP contribution in [0.15, 0.2) is 12.4 Å². The van der Waals surface area contributed by atoms with Crippen molar-refractivity contribution in [1.82, 2.24) is 20.2 Å². The van der Waals surface area contributed by atoms with Gasteiger partial charge >= 0.3 is 0 Å². The fourth-order valence-corrected chi connectivity index (χ4v) is 2.04. The lowest BCUT2D eigenvalue weighted by atomic mass is 10.2. The van der Waals surface area contributed by atoms with Crippen LogP contribution in [-0.2, 0) is 9.59 Å². The Hall–Kier alpha value is -1.69. The number of H-pyrrole nitrogens is 1. The number of amides is 2. The second-order valence-electron chi connectivity index (χ2n) is 4.10. The Morgan fingerprint density at radius 1 is 1.65 bits per heavy atom. The van der Waals surface area contributed by atoms with E-state index in [2.05, 4.69) is 15.3 Å². The fraction of sp³-hybridized carbons (Fsp3) is 0.545. The zero-order valence-electron chi connectivity index (χ0n) is 9.93. The molecule has 1 aromatic heterocycles. The van der Waals surface area contributed by atoms with Gasteiger partial charge in [-0.1, -0.05) is 0 Å². The molecule has 2 heterocycles. The first-order valence-electron chi connectivity index (χ1n) is 5.73. The number of likely N-dealkylation sites (tertiary alicyclic amines) is 1. The van der Waals surface area contributed by atoms with Gasteiger partial charge in [-0.25, -0.2) is 4.98 Å². The average molecular weight is 236 g/mol. The van der Waals surface area contributed by atoms with Gasteiger partial charge in [-0.2, -0.15) is 0 Å². The van der Waals surface area contributed by atoms with Crippen LogP contribution in [-0.4, -0.2) is 39.3 Å². The van der Waals surface area contributed by atoms with E-state index in [-0.39, 0.29) is 24.3 Å². The molecule has 1 aliphatic heterocycles. The van der Waals surface area contributed by atoms with Gasteiger partial charge in [0.15, 0.2) is 0 Å². The maximum absolute atomic E-state index is 11.9. The zero-order chi connectivity index (χ0) is 12.4. The molecule has 2 unspecified atom stereocenters. The molecule has 1 saturated heterocycles. The van der Waals surface area contributed by atoms with Crippen molar-refractivity contribution in [3.63, 3.8) is 0 Å². The number of aromatic amines is 1. The Labute approximate surface area is 99.4 Å². The minimum atomic E-state index is -0.428. The molecule has 2 rings (SSSR count). The van der Waals surface area contributed by atoms with Gasteiger partial charge in [0.1, 0.15) is 5.82 Å². The van der Waals surface area contributed by atoms with Gasteiger partial charge in [-0.3, -0.25) is 19.8 Å². The smallest absolute Gasteiger partial charge is 0.246 e. The summed E-state index contributed by atoms with van der Waals surface area (Å²) in [4.78, 5) is 31.8. The van der Waals surface area contributed by atoms with Crippen molar-refractivity contribution in [3.8, 4) is 0 Å². The Morgan fingerprint density at radius 3 is 2.94 bits per heavy atom. The molecule has 2 amide bonds. The Morgan fingerprint density at radius 2 is 2.41 bits per heavy atom. The Kier molecular flexibility index (Phi) is 3.23. The summed E-state index contributed by atoms with van der Waals surface area (Å²) in [6.07, 6.45) is 3.62. The third kappa shape index (κ3) is 2.21. The summed E-state index contributed by atoms with van der Waals surface area (Å²) in [6, 6.07) is -0.508. The molecule has 0 spiro atoms.